The molecule has 1 aliphatic rings. The van der Waals surface area contributed by atoms with Crippen LogP contribution in [0.3, 0.4) is 0 Å². The predicted molar refractivity (Wildman–Crippen MR) is 96.6 cm³/mol. The van der Waals surface area contributed by atoms with Gasteiger partial charge in [0.2, 0.25) is 0 Å². The maximum atomic E-state index is 13.2. The molecule has 1 saturated heterocycles. The van der Waals surface area contributed by atoms with Gasteiger partial charge in [0.1, 0.15) is 5.82 Å². The second-order valence-electron chi connectivity index (χ2n) is 6.94. The first kappa shape index (κ1) is 20.4. The molecular weight excluding hydrogens is 375 g/mol. The number of hydrogen-bond acceptors (Lipinski definition) is 7. The number of hydrogen-bond donors (Lipinski definition) is 2. The van der Waals surface area contributed by atoms with Crippen molar-refractivity contribution in [3.05, 3.63) is 36.3 Å². The number of pyridine rings is 1. The monoisotopic (exact) mass is 397 g/mol. The molecule has 1 aliphatic heterocycles. The van der Waals surface area contributed by atoms with Gasteiger partial charge in [-0.1, -0.05) is 0 Å². The maximum Gasteiger partial charge on any atom is 0.433 e. The summed E-state index contributed by atoms with van der Waals surface area (Å²) < 4.78 is 45.0. The van der Waals surface area contributed by atoms with Gasteiger partial charge < -0.3 is 15.2 Å². The normalized spacial score (nSPS) is 17.9. The van der Waals surface area contributed by atoms with E-state index in [1.54, 1.807) is 19.1 Å². The first-order valence-electron chi connectivity index (χ1n) is 8.86. The van der Waals surface area contributed by atoms with Crippen LogP contribution in [0.4, 0.5) is 19.0 Å². The molecule has 0 spiro atoms. The van der Waals surface area contributed by atoms with Gasteiger partial charge in [0, 0.05) is 50.2 Å². The van der Waals surface area contributed by atoms with Gasteiger partial charge in [-0.3, -0.25) is 9.88 Å². The van der Waals surface area contributed by atoms with Crippen LogP contribution in [0.5, 0.6) is 0 Å². The van der Waals surface area contributed by atoms with Crippen molar-refractivity contribution in [2.24, 2.45) is 0 Å². The highest BCUT2D eigenvalue weighted by Crippen LogP contribution is 2.30. The summed E-state index contributed by atoms with van der Waals surface area (Å²) in [5.74, 6) is -0.0957. The molecule has 0 radical (unpaired) electrons. The SMILES string of the molecule is CC(O)(CNc1cc(C(F)(F)F)nc(-c2cccnc2)n1)CN1CCOCC1. The Labute approximate surface area is 160 Å². The smallest absolute Gasteiger partial charge is 0.387 e. The molecule has 152 valence electrons. The lowest BCUT2D eigenvalue weighted by atomic mass is 10.1. The molecule has 2 aromatic heterocycles. The van der Waals surface area contributed by atoms with E-state index in [0.717, 1.165) is 6.07 Å². The van der Waals surface area contributed by atoms with Crippen molar-refractivity contribution >= 4 is 5.82 Å². The highest BCUT2D eigenvalue weighted by Gasteiger charge is 2.34. The van der Waals surface area contributed by atoms with Crippen molar-refractivity contribution in [1.82, 2.24) is 19.9 Å². The predicted octanol–water partition coefficient (Wildman–Crippen LogP) is 2.05. The third kappa shape index (κ3) is 5.60. The van der Waals surface area contributed by atoms with E-state index < -0.39 is 17.5 Å². The third-order valence-corrected chi connectivity index (χ3v) is 4.25. The zero-order chi connectivity index (χ0) is 20.2. The van der Waals surface area contributed by atoms with Gasteiger partial charge in [0.25, 0.3) is 0 Å². The average Bonchev–Trinajstić information content (AvgIpc) is 2.67. The Bertz CT molecular complexity index is 781. The van der Waals surface area contributed by atoms with Crippen molar-refractivity contribution in [1.29, 1.82) is 0 Å². The molecule has 28 heavy (non-hydrogen) atoms. The minimum absolute atomic E-state index is 0.0107. The summed E-state index contributed by atoms with van der Waals surface area (Å²) >= 11 is 0. The molecular formula is C18H22F3N5O2. The number of morpholine rings is 1. The van der Waals surface area contributed by atoms with Gasteiger partial charge >= 0.3 is 6.18 Å². The summed E-state index contributed by atoms with van der Waals surface area (Å²) in [6.45, 7) is 4.63. The van der Waals surface area contributed by atoms with E-state index in [0.29, 0.717) is 38.4 Å². The van der Waals surface area contributed by atoms with Crippen LogP contribution in [0.1, 0.15) is 12.6 Å². The number of rotatable bonds is 6. The number of aliphatic hydroxyl groups is 1. The number of anilines is 1. The van der Waals surface area contributed by atoms with Crippen LogP contribution >= 0.6 is 0 Å². The first-order chi connectivity index (χ1) is 13.2. The highest BCUT2D eigenvalue weighted by molar-refractivity contribution is 5.56. The molecule has 0 bridgehead atoms. The standard InChI is InChI=1S/C18H22F3N5O2/c1-17(27,12-26-5-7-28-8-6-26)11-23-15-9-14(18(19,20)21)24-16(25-15)13-3-2-4-22-10-13/h2-4,9-10,27H,5-8,11-12H2,1H3,(H,23,24,25). The van der Waals surface area contributed by atoms with E-state index in [9.17, 15) is 18.3 Å². The fourth-order valence-corrected chi connectivity index (χ4v) is 2.89. The Kier molecular flexibility index (Phi) is 6.11. The molecule has 10 heteroatoms. The summed E-state index contributed by atoms with van der Waals surface area (Å²) in [6.07, 6.45) is -1.71. The molecule has 2 aromatic rings. The van der Waals surface area contributed by atoms with Crippen molar-refractivity contribution < 1.29 is 23.0 Å². The molecule has 0 aliphatic carbocycles. The molecule has 0 aromatic carbocycles. The van der Waals surface area contributed by atoms with Gasteiger partial charge in [-0.05, 0) is 19.1 Å². The van der Waals surface area contributed by atoms with E-state index in [1.807, 2.05) is 4.90 Å². The molecule has 3 rings (SSSR count). The summed E-state index contributed by atoms with van der Waals surface area (Å²) in [5, 5.41) is 13.4. The van der Waals surface area contributed by atoms with E-state index >= 15 is 0 Å². The molecule has 7 nitrogen and oxygen atoms in total. The van der Waals surface area contributed by atoms with Crippen molar-refractivity contribution in [2.75, 3.05) is 44.7 Å². The van der Waals surface area contributed by atoms with Gasteiger partial charge in [-0.2, -0.15) is 13.2 Å². The van der Waals surface area contributed by atoms with Crippen LogP contribution in [0, 0.1) is 0 Å². The van der Waals surface area contributed by atoms with Crippen molar-refractivity contribution in [3.8, 4) is 11.4 Å². The van der Waals surface area contributed by atoms with E-state index in [2.05, 4.69) is 20.3 Å². The van der Waals surface area contributed by atoms with E-state index in [-0.39, 0.29) is 18.2 Å². The minimum Gasteiger partial charge on any atom is -0.387 e. The van der Waals surface area contributed by atoms with Crippen molar-refractivity contribution in [3.63, 3.8) is 0 Å². The maximum absolute atomic E-state index is 13.2. The molecule has 3 heterocycles. The number of nitrogens with one attached hydrogen (secondary N) is 1. The molecule has 1 atom stereocenters. The second-order valence-corrected chi connectivity index (χ2v) is 6.94. The fraction of sp³-hybridized carbons (Fsp3) is 0.500. The first-order valence-corrected chi connectivity index (χ1v) is 8.86. The van der Waals surface area contributed by atoms with Crippen LogP contribution in [0.15, 0.2) is 30.6 Å². The summed E-state index contributed by atoms with van der Waals surface area (Å²) in [7, 11) is 0. The molecule has 1 unspecified atom stereocenters. The van der Waals surface area contributed by atoms with Gasteiger partial charge in [-0.15, -0.1) is 0 Å². The van der Waals surface area contributed by atoms with Gasteiger partial charge in [0.15, 0.2) is 11.5 Å². The zero-order valence-corrected chi connectivity index (χ0v) is 15.4. The number of aromatic nitrogens is 3. The summed E-state index contributed by atoms with van der Waals surface area (Å²) in [4.78, 5) is 13.7. The average molecular weight is 397 g/mol. The van der Waals surface area contributed by atoms with E-state index in [1.165, 1.54) is 12.4 Å². The third-order valence-electron chi connectivity index (χ3n) is 4.25. The van der Waals surface area contributed by atoms with Crippen LogP contribution in [0.25, 0.3) is 11.4 Å². The molecule has 0 amide bonds. The Balaban J connectivity index is 1.76. The molecule has 1 fully saturated rings. The van der Waals surface area contributed by atoms with Crippen molar-refractivity contribution in [2.45, 2.75) is 18.7 Å². The lowest BCUT2D eigenvalue weighted by Crippen LogP contribution is -2.49. The van der Waals surface area contributed by atoms with Crippen LogP contribution in [0.2, 0.25) is 0 Å². The van der Waals surface area contributed by atoms with Crippen LogP contribution < -0.4 is 5.32 Å². The lowest BCUT2D eigenvalue weighted by Gasteiger charge is -2.34. The minimum atomic E-state index is -4.62. The summed E-state index contributed by atoms with van der Waals surface area (Å²) in [6, 6.07) is 4.02. The second kappa shape index (κ2) is 8.38. The molecule has 2 N–H and O–H groups in total. The lowest BCUT2D eigenvalue weighted by molar-refractivity contribution is -0.141. The van der Waals surface area contributed by atoms with E-state index in [4.69, 9.17) is 4.74 Å². The largest absolute Gasteiger partial charge is 0.433 e. The summed E-state index contributed by atoms with van der Waals surface area (Å²) in [5.41, 5.74) is -1.84. The fourth-order valence-electron chi connectivity index (χ4n) is 2.89. The highest BCUT2D eigenvalue weighted by atomic mass is 19.4. The zero-order valence-electron chi connectivity index (χ0n) is 15.4. The van der Waals surface area contributed by atoms with Gasteiger partial charge in [0.05, 0.1) is 18.8 Å². The Morgan fingerprint density at radius 1 is 1.25 bits per heavy atom. The Morgan fingerprint density at radius 3 is 2.64 bits per heavy atom. The molecule has 0 saturated carbocycles. The topological polar surface area (TPSA) is 83.4 Å². The number of ether oxygens (including phenoxy) is 1. The number of β-amino-alcohol motifs (C(OH)–C–C–N with tert-alkyl or cyclic N) is 1. The number of nitrogens with zero attached hydrogens (tertiary/aromatic N) is 4. The number of halogens is 3. The quantitative estimate of drug-likeness (QED) is 0.772. The Hall–Kier alpha value is -2.30. The Morgan fingerprint density at radius 2 is 2.00 bits per heavy atom. The van der Waals surface area contributed by atoms with Gasteiger partial charge in [-0.25, -0.2) is 9.97 Å². The number of alkyl halides is 3. The van der Waals surface area contributed by atoms with Crippen LogP contribution in [-0.4, -0.2) is 70.0 Å². The van der Waals surface area contributed by atoms with Crippen LogP contribution in [-0.2, 0) is 10.9 Å².